The van der Waals surface area contributed by atoms with E-state index in [0.29, 0.717) is 13.2 Å². The highest BCUT2D eigenvalue weighted by atomic mass is 127. The molecule has 1 aliphatic heterocycles. The van der Waals surface area contributed by atoms with Crippen molar-refractivity contribution in [3.63, 3.8) is 0 Å². The van der Waals surface area contributed by atoms with Crippen molar-refractivity contribution in [3.8, 4) is 0 Å². The summed E-state index contributed by atoms with van der Waals surface area (Å²) in [5, 5.41) is 8.17. The molecule has 0 radical (unpaired) electrons. The van der Waals surface area contributed by atoms with Crippen LogP contribution in [0.15, 0.2) is 4.99 Å². The second-order valence-corrected chi connectivity index (χ2v) is 7.75. The number of guanidine groups is 1. The zero-order chi connectivity index (χ0) is 18.5. The Morgan fingerprint density at radius 2 is 1.89 bits per heavy atom. The second kappa shape index (κ2) is 10.6. The number of halogens is 1. The van der Waals surface area contributed by atoms with Crippen LogP contribution in [0.5, 0.6) is 0 Å². The topological polar surface area (TPSA) is 54.7 Å². The van der Waals surface area contributed by atoms with Crippen LogP contribution in [0.1, 0.15) is 49.6 Å². The van der Waals surface area contributed by atoms with E-state index in [1.807, 2.05) is 4.68 Å². The van der Waals surface area contributed by atoms with Crippen LogP contribution in [0.2, 0.25) is 0 Å². The van der Waals surface area contributed by atoms with Gasteiger partial charge < -0.3 is 15.0 Å². The van der Waals surface area contributed by atoms with Gasteiger partial charge in [0.25, 0.3) is 0 Å². The molecule has 0 amide bonds. The SMILES string of the molecule is CCNC(=NCc1c(C)nn(CCOC)c1C)N1CC2CCCCC2C1.I. The van der Waals surface area contributed by atoms with E-state index in [9.17, 15) is 0 Å². The Kier molecular flexibility index (Phi) is 8.85. The van der Waals surface area contributed by atoms with E-state index in [1.54, 1.807) is 7.11 Å². The number of fused-ring (bicyclic) bond motifs is 1. The number of nitrogens with one attached hydrogen (secondary N) is 1. The predicted octanol–water partition coefficient (Wildman–Crippen LogP) is 3.35. The molecule has 2 unspecified atom stereocenters. The van der Waals surface area contributed by atoms with Crippen molar-refractivity contribution < 1.29 is 4.74 Å². The van der Waals surface area contributed by atoms with Crippen LogP contribution < -0.4 is 5.32 Å². The first-order valence-electron chi connectivity index (χ1n) is 10.2. The summed E-state index contributed by atoms with van der Waals surface area (Å²) < 4.78 is 7.23. The fraction of sp³-hybridized carbons (Fsp3) is 0.800. The molecule has 1 saturated carbocycles. The average molecular weight is 489 g/mol. The van der Waals surface area contributed by atoms with Crippen LogP contribution in [0.4, 0.5) is 0 Å². The van der Waals surface area contributed by atoms with Crippen molar-refractivity contribution in [2.45, 2.75) is 59.5 Å². The second-order valence-electron chi connectivity index (χ2n) is 7.75. The van der Waals surface area contributed by atoms with E-state index in [1.165, 1.54) is 50.0 Å². The van der Waals surface area contributed by atoms with Gasteiger partial charge in [-0.2, -0.15) is 5.10 Å². The monoisotopic (exact) mass is 489 g/mol. The molecule has 1 aliphatic carbocycles. The minimum Gasteiger partial charge on any atom is -0.383 e. The molecule has 2 aliphatic rings. The molecule has 1 aromatic heterocycles. The van der Waals surface area contributed by atoms with Crippen LogP contribution >= 0.6 is 24.0 Å². The number of aryl methyl sites for hydroxylation is 1. The first kappa shape index (κ1) is 22.5. The van der Waals surface area contributed by atoms with E-state index in [2.05, 4.69) is 36.1 Å². The molecule has 6 nitrogen and oxygen atoms in total. The zero-order valence-corrected chi connectivity index (χ0v) is 19.7. The third kappa shape index (κ3) is 5.37. The first-order chi connectivity index (χ1) is 12.6. The minimum atomic E-state index is 0. The van der Waals surface area contributed by atoms with Crippen molar-refractivity contribution >= 4 is 29.9 Å². The zero-order valence-electron chi connectivity index (χ0n) is 17.3. The molecular weight excluding hydrogens is 453 g/mol. The van der Waals surface area contributed by atoms with Crippen molar-refractivity contribution in [2.24, 2.45) is 16.8 Å². The van der Waals surface area contributed by atoms with Gasteiger partial charge in [-0.25, -0.2) is 4.99 Å². The summed E-state index contributed by atoms with van der Waals surface area (Å²) in [4.78, 5) is 7.48. The molecule has 0 bridgehead atoms. The van der Waals surface area contributed by atoms with Gasteiger partial charge in [-0.3, -0.25) is 4.68 Å². The van der Waals surface area contributed by atoms with Crippen molar-refractivity contribution in [1.82, 2.24) is 20.0 Å². The summed E-state index contributed by atoms with van der Waals surface area (Å²) in [7, 11) is 1.73. The lowest BCUT2D eigenvalue weighted by atomic mass is 9.82. The van der Waals surface area contributed by atoms with Gasteiger partial charge in [-0.05, 0) is 45.4 Å². The molecule has 2 atom stereocenters. The lowest BCUT2D eigenvalue weighted by molar-refractivity contribution is 0.182. The van der Waals surface area contributed by atoms with Gasteiger partial charge in [-0.15, -0.1) is 24.0 Å². The number of methoxy groups -OCH3 is 1. The Morgan fingerprint density at radius 1 is 1.22 bits per heavy atom. The van der Waals surface area contributed by atoms with Crippen LogP contribution in [0.3, 0.4) is 0 Å². The van der Waals surface area contributed by atoms with Crippen LogP contribution in [-0.4, -0.2) is 54.0 Å². The summed E-state index contributed by atoms with van der Waals surface area (Å²) in [5.41, 5.74) is 3.52. The maximum atomic E-state index is 5.19. The lowest BCUT2D eigenvalue weighted by Crippen LogP contribution is -2.40. The number of ether oxygens (including phenoxy) is 1. The van der Waals surface area contributed by atoms with E-state index >= 15 is 0 Å². The number of rotatable bonds is 6. The third-order valence-corrected chi connectivity index (χ3v) is 6.04. The molecule has 1 saturated heterocycles. The Balaban J connectivity index is 0.00000261. The third-order valence-electron chi connectivity index (χ3n) is 6.04. The van der Waals surface area contributed by atoms with Gasteiger partial charge in [0.05, 0.1) is 25.4 Å². The molecule has 0 aromatic carbocycles. The van der Waals surface area contributed by atoms with Gasteiger partial charge in [0.15, 0.2) is 5.96 Å². The van der Waals surface area contributed by atoms with Crippen LogP contribution in [0, 0.1) is 25.7 Å². The van der Waals surface area contributed by atoms with Gasteiger partial charge in [0.2, 0.25) is 0 Å². The Labute approximate surface area is 181 Å². The largest absolute Gasteiger partial charge is 0.383 e. The van der Waals surface area contributed by atoms with Gasteiger partial charge in [0.1, 0.15) is 0 Å². The summed E-state index contributed by atoms with van der Waals surface area (Å²) in [6, 6.07) is 0. The van der Waals surface area contributed by atoms with E-state index in [4.69, 9.17) is 9.73 Å². The first-order valence-corrected chi connectivity index (χ1v) is 10.2. The lowest BCUT2D eigenvalue weighted by Gasteiger charge is -2.22. The van der Waals surface area contributed by atoms with Gasteiger partial charge in [0, 0.05) is 38.0 Å². The average Bonchev–Trinajstić information content (AvgIpc) is 3.18. The normalized spacial score (nSPS) is 22.5. The maximum Gasteiger partial charge on any atom is 0.194 e. The number of aromatic nitrogens is 2. The summed E-state index contributed by atoms with van der Waals surface area (Å²) in [6.07, 6.45) is 5.60. The smallest absolute Gasteiger partial charge is 0.194 e. The van der Waals surface area contributed by atoms with Crippen molar-refractivity contribution in [2.75, 3.05) is 33.4 Å². The highest BCUT2D eigenvalue weighted by Gasteiger charge is 2.35. The minimum absolute atomic E-state index is 0. The summed E-state index contributed by atoms with van der Waals surface area (Å²) in [6.45, 7) is 11.8. The van der Waals surface area contributed by atoms with Crippen molar-refractivity contribution in [1.29, 1.82) is 0 Å². The fourth-order valence-corrected chi connectivity index (χ4v) is 4.52. The number of hydrogen-bond donors (Lipinski definition) is 1. The number of likely N-dealkylation sites (tertiary alicyclic amines) is 1. The molecule has 1 aromatic rings. The van der Waals surface area contributed by atoms with Crippen LogP contribution in [0.25, 0.3) is 0 Å². The Hall–Kier alpha value is -0.830. The standard InChI is InChI=1S/C20H35N5O.HI/c1-5-21-20(24-13-17-8-6-7-9-18(17)14-24)22-12-19-15(2)23-25(16(19)3)10-11-26-4;/h17-18H,5-14H2,1-4H3,(H,21,22);1H. The van der Waals surface area contributed by atoms with Crippen LogP contribution in [-0.2, 0) is 17.8 Å². The Bertz CT molecular complexity index is 616. The Morgan fingerprint density at radius 3 is 2.48 bits per heavy atom. The molecule has 2 fully saturated rings. The van der Waals surface area contributed by atoms with E-state index in [-0.39, 0.29) is 24.0 Å². The molecule has 7 heteroatoms. The van der Waals surface area contributed by atoms with E-state index in [0.717, 1.165) is 36.6 Å². The molecule has 2 heterocycles. The fourth-order valence-electron chi connectivity index (χ4n) is 4.52. The maximum absolute atomic E-state index is 5.19. The number of hydrogen-bond acceptors (Lipinski definition) is 3. The summed E-state index contributed by atoms with van der Waals surface area (Å²) >= 11 is 0. The quantitative estimate of drug-likeness (QED) is 0.379. The molecule has 0 spiro atoms. The molecule has 154 valence electrons. The van der Waals surface area contributed by atoms with E-state index < -0.39 is 0 Å². The predicted molar refractivity (Wildman–Crippen MR) is 121 cm³/mol. The molecule has 3 rings (SSSR count). The highest BCUT2D eigenvalue weighted by molar-refractivity contribution is 14.0. The molecular formula is C20H36IN5O. The number of aliphatic imine (C=N–C) groups is 1. The highest BCUT2D eigenvalue weighted by Crippen LogP contribution is 2.36. The summed E-state index contributed by atoms with van der Waals surface area (Å²) in [5.74, 6) is 2.81. The number of nitrogens with zero attached hydrogens (tertiary/aromatic N) is 4. The molecule has 27 heavy (non-hydrogen) atoms. The molecule has 1 N–H and O–H groups in total. The van der Waals surface area contributed by atoms with Crippen molar-refractivity contribution in [3.05, 3.63) is 17.0 Å². The van der Waals surface area contributed by atoms with Gasteiger partial charge in [-0.1, -0.05) is 12.8 Å². The van der Waals surface area contributed by atoms with Gasteiger partial charge >= 0.3 is 0 Å².